The van der Waals surface area contributed by atoms with Crippen LogP contribution < -0.4 is 20.7 Å². The van der Waals surface area contributed by atoms with Gasteiger partial charge in [0.05, 0.1) is 16.9 Å². The van der Waals surface area contributed by atoms with Gasteiger partial charge in [-0.25, -0.2) is 0 Å². The minimum absolute atomic E-state index is 0.385. The number of fused-ring (bicyclic) bond motifs is 1. The van der Waals surface area contributed by atoms with Gasteiger partial charge in [0.2, 0.25) is 0 Å². The van der Waals surface area contributed by atoms with Crippen LogP contribution in [0.3, 0.4) is 0 Å². The van der Waals surface area contributed by atoms with Crippen molar-refractivity contribution in [3.8, 4) is 0 Å². The van der Waals surface area contributed by atoms with Crippen molar-refractivity contribution in [3.63, 3.8) is 0 Å². The molecule has 1 unspecified atom stereocenters. The van der Waals surface area contributed by atoms with Crippen LogP contribution in [0.4, 0.5) is 0 Å². The van der Waals surface area contributed by atoms with Gasteiger partial charge < -0.3 is 18.3 Å². The van der Waals surface area contributed by atoms with Crippen LogP contribution in [-0.2, 0) is 29.1 Å². The van der Waals surface area contributed by atoms with Gasteiger partial charge in [0, 0.05) is 12.0 Å². The molecular formula is C39H40O5SSi2. The highest BCUT2D eigenvalue weighted by Gasteiger charge is 2.59. The van der Waals surface area contributed by atoms with E-state index in [1.807, 2.05) is 37.3 Å². The maximum Gasteiger partial charge on any atom is 0.256 e. The summed E-state index contributed by atoms with van der Waals surface area (Å²) < 4.78 is 43.0. The molecule has 0 spiro atoms. The van der Waals surface area contributed by atoms with E-state index in [0.717, 1.165) is 12.1 Å². The summed E-state index contributed by atoms with van der Waals surface area (Å²) >= 11 is 0. The Kier molecular flexibility index (Phi) is 9.52. The number of rotatable bonds is 7. The van der Waals surface area contributed by atoms with Crippen LogP contribution in [0.15, 0.2) is 157 Å². The summed E-state index contributed by atoms with van der Waals surface area (Å²) in [5, 5.41) is 4.75. The zero-order chi connectivity index (χ0) is 32.3. The van der Waals surface area contributed by atoms with Crippen molar-refractivity contribution < 1.29 is 22.5 Å². The third kappa shape index (κ3) is 6.04. The van der Waals surface area contributed by atoms with Gasteiger partial charge in [-0.3, -0.25) is 4.21 Å². The molecule has 0 aromatic heterocycles. The third-order valence-corrected chi connectivity index (χ3v) is 20.0. The average Bonchev–Trinajstić information content (AvgIpc) is 3.14. The van der Waals surface area contributed by atoms with E-state index < -0.39 is 51.2 Å². The minimum Gasteiger partial charge on any atom is -0.399 e. The van der Waals surface area contributed by atoms with Crippen LogP contribution in [0.2, 0.25) is 12.1 Å². The van der Waals surface area contributed by atoms with E-state index in [2.05, 4.69) is 121 Å². The van der Waals surface area contributed by atoms with Crippen LogP contribution in [0.25, 0.3) is 0 Å². The van der Waals surface area contributed by atoms with Crippen molar-refractivity contribution in [1.82, 2.24) is 0 Å². The van der Waals surface area contributed by atoms with Crippen LogP contribution in [0.5, 0.6) is 0 Å². The van der Waals surface area contributed by atoms with E-state index in [0.29, 0.717) is 4.90 Å². The highest BCUT2D eigenvalue weighted by Crippen LogP contribution is 2.39. The van der Waals surface area contributed by atoms with E-state index in [-0.39, 0.29) is 6.10 Å². The summed E-state index contributed by atoms with van der Waals surface area (Å²) in [5.41, 5.74) is -0.778. The topological polar surface area (TPSA) is 54.0 Å². The lowest BCUT2D eigenvalue weighted by atomic mass is 10.0. The van der Waals surface area contributed by atoms with Gasteiger partial charge in [-0.1, -0.05) is 140 Å². The number of benzene rings is 5. The Hall–Kier alpha value is -3.48. The Balaban J connectivity index is 1.51. The molecule has 0 N–H and O–H groups in total. The molecule has 5 aromatic rings. The Morgan fingerprint density at radius 2 is 0.936 bits per heavy atom. The van der Waals surface area contributed by atoms with Crippen molar-refractivity contribution in [1.29, 1.82) is 0 Å². The summed E-state index contributed by atoms with van der Waals surface area (Å²) in [6.07, 6.45) is -2.05. The lowest BCUT2D eigenvalue weighted by Gasteiger charge is -2.53. The summed E-state index contributed by atoms with van der Waals surface area (Å²) in [6.45, 7) is 2.00. The standard InChI is InChI=1S/C39H40O5SSi2/c1-30-36(41-2)37-38(39(42-30)45(40)31-18-8-3-9-19-31)44-47(34-24-14-6-15-25-34,35-26-16-7-17-27-35)29-28-46(43-37,32-20-10-4-11-21-32)33-22-12-5-13-23-33/h3-27,30,36-39H,28-29H2,1-2H3/t30-,36-,37+,38-,39-,45?/m0/s1. The van der Waals surface area contributed by atoms with Crippen molar-refractivity contribution in [2.24, 2.45) is 0 Å². The molecule has 2 fully saturated rings. The van der Waals surface area contributed by atoms with Gasteiger partial charge in [-0.15, -0.1) is 0 Å². The predicted octanol–water partition coefficient (Wildman–Crippen LogP) is 4.86. The second-order valence-corrected chi connectivity index (χ2v) is 20.9. The number of hydrogen-bond acceptors (Lipinski definition) is 5. The molecule has 5 aromatic carbocycles. The van der Waals surface area contributed by atoms with Crippen LogP contribution in [0.1, 0.15) is 6.92 Å². The molecule has 8 heteroatoms. The van der Waals surface area contributed by atoms with Crippen molar-refractivity contribution in [2.75, 3.05) is 7.11 Å². The summed E-state index contributed by atoms with van der Waals surface area (Å²) in [7, 11) is -5.87. The maximum atomic E-state index is 14.6. The van der Waals surface area contributed by atoms with Gasteiger partial charge in [-0.2, -0.15) is 0 Å². The first-order chi connectivity index (χ1) is 23.1. The predicted molar refractivity (Wildman–Crippen MR) is 193 cm³/mol. The first-order valence-electron chi connectivity index (χ1n) is 16.3. The van der Waals surface area contributed by atoms with Crippen LogP contribution in [-0.4, -0.2) is 57.8 Å². The SMILES string of the molecule is CO[C@@H]1[C@H]2O[Si](c3ccccc3)(c3ccccc3)CC[Si](c3ccccc3)(c3ccccc3)O[C@@H]2[C@H](S(=O)c2ccccc2)O[C@H]1C. The lowest BCUT2D eigenvalue weighted by Crippen LogP contribution is -2.75. The normalized spacial score (nSPS) is 25.9. The summed E-state index contributed by atoms with van der Waals surface area (Å²) in [6, 6.07) is 53.9. The largest absolute Gasteiger partial charge is 0.399 e. The first kappa shape index (κ1) is 32.1. The fourth-order valence-corrected chi connectivity index (χ4v) is 18.7. The molecule has 6 atom stereocenters. The quantitative estimate of drug-likeness (QED) is 0.231. The molecule has 7 rings (SSSR count). The van der Waals surface area contributed by atoms with E-state index in [1.165, 1.54) is 20.7 Å². The fourth-order valence-electron chi connectivity index (χ4n) is 7.37. The Labute approximate surface area is 282 Å². The van der Waals surface area contributed by atoms with E-state index in [4.69, 9.17) is 18.3 Å². The molecule has 5 nitrogen and oxygen atoms in total. The summed E-state index contributed by atoms with van der Waals surface area (Å²) in [4.78, 5) is 0.700. The zero-order valence-electron chi connectivity index (χ0n) is 26.7. The zero-order valence-corrected chi connectivity index (χ0v) is 29.5. The molecule has 0 saturated carbocycles. The van der Waals surface area contributed by atoms with Gasteiger partial charge in [0.25, 0.3) is 16.6 Å². The Bertz CT molecular complexity index is 1680. The number of hydrogen-bond donors (Lipinski definition) is 0. The fraction of sp³-hybridized carbons (Fsp3) is 0.231. The molecular weight excluding hydrogens is 637 g/mol. The molecule has 2 heterocycles. The Morgan fingerprint density at radius 1 is 0.574 bits per heavy atom. The molecule has 2 aliphatic heterocycles. The van der Waals surface area contributed by atoms with E-state index in [9.17, 15) is 4.21 Å². The van der Waals surface area contributed by atoms with Crippen LogP contribution in [0, 0.1) is 0 Å². The number of methoxy groups -OCH3 is 1. The monoisotopic (exact) mass is 676 g/mol. The molecule has 0 amide bonds. The number of ether oxygens (including phenoxy) is 2. The van der Waals surface area contributed by atoms with Crippen molar-refractivity contribution >= 4 is 48.2 Å². The average molecular weight is 677 g/mol. The molecule has 0 radical (unpaired) electrons. The molecule has 47 heavy (non-hydrogen) atoms. The van der Waals surface area contributed by atoms with E-state index >= 15 is 0 Å². The third-order valence-electron chi connectivity index (χ3n) is 9.65. The molecule has 2 aliphatic rings. The first-order valence-corrected chi connectivity index (χ1v) is 21.7. The second-order valence-electron chi connectivity index (χ2n) is 12.3. The molecule has 0 aliphatic carbocycles. The molecule has 2 saturated heterocycles. The smallest absolute Gasteiger partial charge is 0.256 e. The van der Waals surface area contributed by atoms with Gasteiger partial charge in [-0.05, 0) is 51.9 Å². The van der Waals surface area contributed by atoms with E-state index in [1.54, 1.807) is 7.11 Å². The van der Waals surface area contributed by atoms with Gasteiger partial charge in [0.15, 0.2) is 5.44 Å². The van der Waals surface area contributed by atoms with Crippen molar-refractivity contribution in [2.45, 2.75) is 53.8 Å². The van der Waals surface area contributed by atoms with Crippen LogP contribution >= 0.6 is 0 Å². The van der Waals surface area contributed by atoms with Gasteiger partial charge in [0.1, 0.15) is 18.3 Å². The van der Waals surface area contributed by atoms with Gasteiger partial charge >= 0.3 is 0 Å². The summed E-state index contributed by atoms with van der Waals surface area (Å²) in [5.74, 6) is 0. The molecule has 0 bridgehead atoms. The maximum absolute atomic E-state index is 14.6. The molecule has 240 valence electrons. The van der Waals surface area contributed by atoms with Crippen molar-refractivity contribution in [3.05, 3.63) is 152 Å². The Morgan fingerprint density at radius 3 is 1.32 bits per heavy atom. The lowest BCUT2D eigenvalue weighted by molar-refractivity contribution is -0.192. The highest BCUT2D eigenvalue weighted by atomic mass is 32.2. The second kappa shape index (κ2) is 13.9. The minimum atomic E-state index is -3.05. The highest BCUT2D eigenvalue weighted by molar-refractivity contribution is 7.85.